The van der Waals surface area contributed by atoms with Crippen molar-refractivity contribution in [2.75, 3.05) is 0 Å². The van der Waals surface area contributed by atoms with E-state index in [1.165, 1.54) is 12.1 Å². The third-order valence-electron chi connectivity index (χ3n) is 2.69. The van der Waals surface area contributed by atoms with Crippen molar-refractivity contribution in [3.63, 3.8) is 0 Å². The van der Waals surface area contributed by atoms with Crippen LogP contribution in [0.5, 0.6) is 0 Å². The summed E-state index contributed by atoms with van der Waals surface area (Å²) in [5.74, 6) is -0.347. The second-order valence-corrected chi connectivity index (χ2v) is 3.98. The molecule has 2 rings (SSSR count). The van der Waals surface area contributed by atoms with E-state index in [0.717, 1.165) is 18.4 Å². The molecule has 0 radical (unpaired) electrons. The number of rotatable bonds is 3. The number of nitriles is 1. The van der Waals surface area contributed by atoms with E-state index in [2.05, 4.69) is 17.5 Å². The number of benzene rings is 1. The standard InChI is InChI=1S/C13H13FN2/c14-12-6-10(8-15)5-11(7-12)9-16-13-3-1-2-4-13/h1-2,5-7,13,16H,3-4,9H2. The molecule has 0 bridgehead atoms. The van der Waals surface area contributed by atoms with Crippen LogP contribution in [0.3, 0.4) is 0 Å². The van der Waals surface area contributed by atoms with Crippen LogP contribution in [0, 0.1) is 17.1 Å². The Bertz CT molecular complexity index is 438. The molecular formula is C13H13FN2. The van der Waals surface area contributed by atoms with Crippen LogP contribution in [0.15, 0.2) is 30.4 Å². The van der Waals surface area contributed by atoms with E-state index in [4.69, 9.17) is 5.26 Å². The average molecular weight is 216 g/mol. The number of hydrogen-bond donors (Lipinski definition) is 1. The van der Waals surface area contributed by atoms with Gasteiger partial charge >= 0.3 is 0 Å². The van der Waals surface area contributed by atoms with Gasteiger partial charge in [-0.3, -0.25) is 0 Å². The molecule has 0 spiro atoms. The zero-order valence-corrected chi connectivity index (χ0v) is 8.91. The molecule has 0 atom stereocenters. The summed E-state index contributed by atoms with van der Waals surface area (Å²) in [6, 6.07) is 6.85. The summed E-state index contributed by atoms with van der Waals surface area (Å²) >= 11 is 0. The molecule has 82 valence electrons. The molecule has 3 heteroatoms. The Hall–Kier alpha value is -1.66. The van der Waals surface area contributed by atoms with Crippen molar-refractivity contribution in [3.05, 3.63) is 47.3 Å². The highest BCUT2D eigenvalue weighted by Crippen LogP contribution is 2.12. The van der Waals surface area contributed by atoms with Gasteiger partial charge in [0.1, 0.15) is 5.82 Å². The van der Waals surface area contributed by atoms with E-state index in [1.54, 1.807) is 6.07 Å². The second kappa shape index (κ2) is 4.91. The zero-order valence-electron chi connectivity index (χ0n) is 8.91. The van der Waals surface area contributed by atoms with Crippen LogP contribution < -0.4 is 5.32 Å². The maximum absolute atomic E-state index is 13.1. The maximum atomic E-state index is 13.1. The van der Waals surface area contributed by atoms with E-state index in [-0.39, 0.29) is 5.82 Å². The molecule has 0 heterocycles. The van der Waals surface area contributed by atoms with Crippen LogP contribution in [0.1, 0.15) is 24.0 Å². The van der Waals surface area contributed by atoms with Crippen LogP contribution in [0.2, 0.25) is 0 Å². The van der Waals surface area contributed by atoms with E-state index in [0.29, 0.717) is 18.2 Å². The van der Waals surface area contributed by atoms with Gasteiger partial charge in [0.15, 0.2) is 0 Å². The van der Waals surface area contributed by atoms with Gasteiger partial charge in [0.05, 0.1) is 11.6 Å². The first-order chi connectivity index (χ1) is 7.78. The number of hydrogen-bond acceptors (Lipinski definition) is 2. The van der Waals surface area contributed by atoms with Crippen molar-refractivity contribution >= 4 is 0 Å². The Kier molecular flexibility index (Phi) is 3.33. The van der Waals surface area contributed by atoms with Crippen molar-refractivity contribution in [2.45, 2.75) is 25.4 Å². The Morgan fingerprint density at radius 2 is 2.06 bits per heavy atom. The molecule has 1 N–H and O–H groups in total. The summed E-state index contributed by atoms with van der Waals surface area (Å²) in [5.41, 5.74) is 1.20. The first kappa shape index (κ1) is 10.8. The second-order valence-electron chi connectivity index (χ2n) is 3.98. The Labute approximate surface area is 94.4 Å². The molecule has 0 amide bonds. The van der Waals surface area contributed by atoms with Gasteiger partial charge in [-0.1, -0.05) is 12.2 Å². The largest absolute Gasteiger partial charge is 0.309 e. The molecule has 1 aliphatic carbocycles. The van der Waals surface area contributed by atoms with Crippen molar-refractivity contribution < 1.29 is 4.39 Å². The number of nitrogens with one attached hydrogen (secondary N) is 1. The summed E-state index contributed by atoms with van der Waals surface area (Å²) in [4.78, 5) is 0. The summed E-state index contributed by atoms with van der Waals surface area (Å²) in [6.45, 7) is 0.610. The lowest BCUT2D eigenvalue weighted by molar-refractivity contribution is 0.536. The molecular weight excluding hydrogens is 203 g/mol. The molecule has 1 aromatic rings. The fourth-order valence-electron chi connectivity index (χ4n) is 1.86. The molecule has 0 saturated carbocycles. The summed E-state index contributed by atoms with van der Waals surface area (Å²) in [5, 5.41) is 12.1. The van der Waals surface area contributed by atoms with Crippen LogP contribution >= 0.6 is 0 Å². The van der Waals surface area contributed by atoms with Gasteiger partial charge in [0, 0.05) is 12.6 Å². The monoisotopic (exact) mass is 216 g/mol. The highest BCUT2D eigenvalue weighted by molar-refractivity contribution is 5.33. The van der Waals surface area contributed by atoms with Crippen molar-refractivity contribution in [2.24, 2.45) is 0 Å². The topological polar surface area (TPSA) is 35.8 Å². The molecule has 0 saturated heterocycles. The lowest BCUT2D eigenvalue weighted by Crippen LogP contribution is -2.25. The highest BCUT2D eigenvalue weighted by atomic mass is 19.1. The van der Waals surface area contributed by atoms with Crippen molar-refractivity contribution in [1.29, 1.82) is 5.26 Å². The van der Waals surface area contributed by atoms with E-state index >= 15 is 0 Å². The van der Waals surface area contributed by atoms with Crippen molar-refractivity contribution in [3.8, 4) is 6.07 Å². The Balaban J connectivity index is 1.98. The summed E-state index contributed by atoms with van der Waals surface area (Å²) in [6.07, 6.45) is 6.34. The summed E-state index contributed by atoms with van der Waals surface area (Å²) in [7, 11) is 0. The predicted molar refractivity (Wildman–Crippen MR) is 60.1 cm³/mol. The number of halogens is 1. The van der Waals surface area contributed by atoms with Crippen molar-refractivity contribution in [1.82, 2.24) is 5.32 Å². The van der Waals surface area contributed by atoms with Gasteiger partial charge in [-0.15, -0.1) is 0 Å². The third kappa shape index (κ3) is 2.68. The molecule has 0 aliphatic heterocycles. The lowest BCUT2D eigenvalue weighted by atomic mass is 10.1. The molecule has 1 aromatic carbocycles. The average Bonchev–Trinajstić information content (AvgIpc) is 2.78. The van der Waals surface area contributed by atoms with Gasteiger partial charge in [-0.2, -0.15) is 5.26 Å². The van der Waals surface area contributed by atoms with Gasteiger partial charge in [0.25, 0.3) is 0 Å². The first-order valence-electron chi connectivity index (χ1n) is 5.36. The molecule has 0 aromatic heterocycles. The van der Waals surface area contributed by atoms with Gasteiger partial charge in [0.2, 0.25) is 0 Å². The van der Waals surface area contributed by atoms with E-state index in [1.807, 2.05) is 6.07 Å². The van der Waals surface area contributed by atoms with Gasteiger partial charge < -0.3 is 5.32 Å². The molecule has 2 nitrogen and oxygen atoms in total. The third-order valence-corrected chi connectivity index (χ3v) is 2.69. The summed E-state index contributed by atoms with van der Waals surface area (Å²) < 4.78 is 13.1. The smallest absolute Gasteiger partial charge is 0.124 e. The van der Waals surface area contributed by atoms with Gasteiger partial charge in [-0.25, -0.2) is 4.39 Å². The predicted octanol–water partition coefficient (Wildman–Crippen LogP) is 2.51. The minimum atomic E-state index is -0.347. The fourth-order valence-corrected chi connectivity index (χ4v) is 1.86. The Morgan fingerprint density at radius 1 is 1.31 bits per heavy atom. The lowest BCUT2D eigenvalue weighted by Gasteiger charge is -2.11. The minimum absolute atomic E-state index is 0.347. The van der Waals surface area contributed by atoms with Gasteiger partial charge in [-0.05, 0) is 36.6 Å². The SMILES string of the molecule is N#Cc1cc(F)cc(CNC2CC=CC2)c1. The number of nitrogens with zero attached hydrogens (tertiary/aromatic N) is 1. The highest BCUT2D eigenvalue weighted by Gasteiger charge is 2.09. The van der Waals surface area contributed by atoms with Crippen LogP contribution in [-0.4, -0.2) is 6.04 Å². The quantitative estimate of drug-likeness (QED) is 0.788. The van der Waals surface area contributed by atoms with Crippen LogP contribution in [0.25, 0.3) is 0 Å². The normalized spacial score (nSPS) is 15.2. The van der Waals surface area contributed by atoms with Crippen LogP contribution in [-0.2, 0) is 6.54 Å². The zero-order chi connectivity index (χ0) is 11.4. The first-order valence-corrected chi connectivity index (χ1v) is 5.36. The molecule has 0 fully saturated rings. The molecule has 1 aliphatic rings. The van der Waals surface area contributed by atoms with E-state index < -0.39 is 0 Å². The molecule has 0 unspecified atom stereocenters. The molecule has 16 heavy (non-hydrogen) atoms. The maximum Gasteiger partial charge on any atom is 0.124 e. The van der Waals surface area contributed by atoms with E-state index in [9.17, 15) is 4.39 Å². The minimum Gasteiger partial charge on any atom is -0.309 e. The Morgan fingerprint density at radius 3 is 2.75 bits per heavy atom. The fraction of sp³-hybridized carbons (Fsp3) is 0.308. The van der Waals surface area contributed by atoms with Crippen LogP contribution in [0.4, 0.5) is 4.39 Å².